The quantitative estimate of drug-likeness (QED) is 0.217. The van der Waals surface area contributed by atoms with Crippen LogP contribution in [0.15, 0.2) is 79.4 Å². The van der Waals surface area contributed by atoms with Gasteiger partial charge in [0, 0.05) is 58.1 Å². The molecule has 45 heavy (non-hydrogen) atoms. The van der Waals surface area contributed by atoms with E-state index in [2.05, 4.69) is 25.2 Å². The summed E-state index contributed by atoms with van der Waals surface area (Å²) < 4.78 is 13.5. The molecule has 11 nitrogen and oxygen atoms in total. The number of imidazole rings is 1. The number of amides is 1. The Morgan fingerprint density at radius 1 is 1.04 bits per heavy atom. The van der Waals surface area contributed by atoms with Crippen LogP contribution in [0.25, 0.3) is 28.1 Å². The molecule has 0 saturated carbocycles. The highest BCUT2D eigenvalue weighted by Crippen LogP contribution is 2.30. The highest BCUT2D eigenvalue weighted by atomic mass is 16.5. The predicted octanol–water partition coefficient (Wildman–Crippen LogP) is 5.12. The van der Waals surface area contributed by atoms with E-state index >= 15 is 0 Å². The summed E-state index contributed by atoms with van der Waals surface area (Å²) in [4.78, 5) is 34.5. The minimum Gasteiger partial charge on any atom is -0.457 e. The van der Waals surface area contributed by atoms with Gasteiger partial charge in [0.05, 0.1) is 41.8 Å². The van der Waals surface area contributed by atoms with E-state index in [9.17, 15) is 4.79 Å². The molecule has 5 aromatic rings. The van der Waals surface area contributed by atoms with E-state index in [1.165, 1.54) is 6.33 Å². The van der Waals surface area contributed by atoms with Gasteiger partial charge in [-0.2, -0.15) is 0 Å². The molecular formula is C34H36N8O3. The van der Waals surface area contributed by atoms with Gasteiger partial charge in [-0.1, -0.05) is 12.2 Å². The minimum atomic E-state index is -0.0414. The molecule has 0 unspecified atom stereocenters. The fourth-order valence-electron chi connectivity index (χ4n) is 5.06. The molecule has 230 valence electrons. The predicted molar refractivity (Wildman–Crippen MR) is 176 cm³/mol. The number of carbonyl (C=O) groups excluding carboxylic acids is 1. The number of hydrogen-bond donors (Lipinski definition) is 1. The number of ether oxygens (including phenoxy) is 2. The van der Waals surface area contributed by atoms with Crippen LogP contribution in [0.4, 0.5) is 11.5 Å². The maximum absolute atomic E-state index is 12.5. The third-order valence-corrected chi connectivity index (χ3v) is 7.64. The van der Waals surface area contributed by atoms with Crippen LogP contribution in [0.5, 0.6) is 11.5 Å². The monoisotopic (exact) mass is 604 g/mol. The third kappa shape index (κ3) is 7.34. The standard InChI is InChI=1S/C34H36N8O3/c1-24-20-26(9-13-31(24)45-27-10-12-30-29(21-27)37-23-41(30)3)39-34-33-28(35-22-36-34)11-8-25(38-33)6-4-14-40(2)32(43)7-5-15-42-16-18-44-19-17-42/h4-13,20-23H,14-19H2,1-3H3,(H,35,36,39)/b6-4+,7-5+. The number of nitrogens with zero attached hydrogens (tertiary/aromatic N) is 7. The number of aryl methyl sites for hydroxylation is 2. The maximum Gasteiger partial charge on any atom is 0.246 e. The number of rotatable bonds is 10. The van der Waals surface area contributed by atoms with E-state index in [1.54, 1.807) is 24.4 Å². The molecule has 0 bridgehead atoms. The molecule has 4 heterocycles. The van der Waals surface area contributed by atoms with Gasteiger partial charge in [-0.25, -0.2) is 19.9 Å². The van der Waals surface area contributed by atoms with Crippen LogP contribution in [-0.2, 0) is 16.6 Å². The first-order valence-electron chi connectivity index (χ1n) is 14.9. The van der Waals surface area contributed by atoms with Gasteiger partial charge < -0.3 is 24.3 Å². The van der Waals surface area contributed by atoms with E-state index < -0.39 is 0 Å². The van der Waals surface area contributed by atoms with Crippen molar-refractivity contribution in [1.29, 1.82) is 0 Å². The summed E-state index contributed by atoms with van der Waals surface area (Å²) >= 11 is 0. The van der Waals surface area contributed by atoms with Gasteiger partial charge in [-0.05, 0) is 61.0 Å². The number of likely N-dealkylation sites (N-methyl/N-ethyl adjacent to an activating group) is 1. The molecule has 1 amide bonds. The second-order valence-corrected chi connectivity index (χ2v) is 11.0. The lowest BCUT2D eigenvalue weighted by molar-refractivity contribution is -0.124. The summed E-state index contributed by atoms with van der Waals surface area (Å²) in [5.41, 5.74) is 5.87. The fourth-order valence-corrected chi connectivity index (χ4v) is 5.06. The molecule has 0 aliphatic carbocycles. The number of aromatic nitrogens is 5. The number of morpholine rings is 1. The van der Waals surface area contributed by atoms with Crippen LogP contribution in [0.2, 0.25) is 0 Å². The van der Waals surface area contributed by atoms with Gasteiger partial charge in [0.1, 0.15) is 23.3 Å². The van der Waals surface area contributed by atoms with Gasteiger partial charge in [0.2, 0.25) is 5.91 Å². The van der Waals surface area contributed by atoms with E-state index in [0.29, 0.717) is 17.9 Å². The van der Waals surface area contributed by atoms with E-state index in [4.69, 9.17) is 14.5 Å². The average molecular weight is 605 g/mol. The first kappa shape index (κ1) is 29.9. The zero-order chi connectivity index (χ0) is 31.2. The lowest BCUT2D eigenvalue weighted by Gasteiger charge is -2.25. The topological polar surface area (TPSA) is 111 Å². The minimum absolute atomic E-state index is 0.0414. The summed E-state index contributed by atoms with van der Waals surface area (Å²) in [6.45, 7) is 6.48. The van der Waals surface area contributed by atoms with Crippen molar-refractivity contribution in [2.75, 3.05) is 51.8 Å². The maximum atomic E-state index is 12.5. The molecule has 0 spiro atoms. The lowest BCUT2D eigenvalue weighted by Crippen LogP contribution is -2.36. The smallest absolute Gasteiger partial charge is 0.246 e. The number of anilines is 2. The highest BCUT2D eigenvalue weighted by Gasteiger charge is 2.11. The Balaban J connectivity index is 1.09. The summed E-state index contributed by atoms with van der Waals surface area (Å²) in [7, 11) is 3.75. The van der Waals surface area contributed by atoms with Crippen LogP contribution in [0.3, 0.4) is 0 Å². The summed E-state index contributed by atoms with van der Waals surface area (Å²) in [5, 5.41) is 3.39. The zero-order valence-corrected chi connectivity index (χ0v) is 25.7. The molecular weight excluding hydrogens is 568 g/mol. The zero-order valence-electron chi connectivity index (χ0n) is 25.7. The molecule has 6 rings (SSSR count). The van der Waals surface area contributed by atoms with Crippen LogP contribution >= 0.6 is 0 Å². The summed E-state index contributed by atoms with van der Waals surface area (Å²) in [6.07, 6.45) is 10.7. The van der Waals surface area contributed by atoms with Crippen LogP contribution in [0.1, 0.15) is 11.3 Å². The molecule has 2 aromatic carbocycles. The normalized spacial score (nSPS) is 14.1. The van der Waals surface area contributed by atoms with Crippen molar-refractivity contribution in [3.63, 3.8) is 0 Å². The van der Waals surface area contributed by atoms with Crippen molar-refractivity contribution in [3.8, 4) is 11.5 Å². The van der Waals surface area contributed by atoms with Crippen LogP contribution in [0, 0.1) is 6.92 Å². The molecule has 3 aromatic heterocycles. The Morgan fingerprint density at radius 2 is 1.91 bits per heavy atom. The van der Waals surface area contributed by atoms with Gasteiger partial charge >= 0.3 is 0 Å². The first-order chi connectivity index (χ1) is 21.9. The SMILES string of the molecule is Cc1cc(Nc2ncnc3ccc(/C=C/CN(C)C(=O)/C=C/CN4CCOCC4)nc23)ccc1Oc1ccc2c(c1)ncn2C. The van der Waals surface area contributed by atoms with Gasteiger partial charge in [-0.15, -0.1) is 0 Å². The average Bonchev–Trinajstić information content (AvgIpc) is 3.42. The number of pyridine rings is 1. The van der Waals surface area contributed by atoms with Gasteiger partial charge in [0.25, 0.3) is 0 Å². The van der Waals surface area contributed by atoms with E-state index in [1.807, 2.05) is 85.3 Å². The largest absolute Gasteiger partial charge is 0.457 e. The molecule has 11 heteroatoms. The first-order valence-corrected chi connectivity index (χ1v) is 14.9. The highest BCUT2D eigenvalue weighted by molar-refractivity contribution is 5.88. The lowest BCUT2D eigenvalue weighted by atomic mass is 10.2. The Hall–Kier alpha value is -5.13. The molecule has 1 fully saturated rings. The van der Waals surface area contributed by atoms with Crippen molar-refractivity contribution < 1.29 is 14.3 Å². The number of carbonyl (C=O) groups is 1. The van der Waals surface area contributed by atoms with Gasteiger partial charge in [0.15, 0.2) is 5.82 Å². The van der Waals surface area contributed by atoms with Gasteiger partial charge in [-0.3, -0.25) is 9.69 Å². The Morgan fingerprint density at radius 3 is 2.76 bits per heavy atom. The number of benzene rings is 2. The van der Waals surface area contributed by atoms with Crippen LogP contribution < -0.4 is 10.1 Å². The molecule has 1 aliphatic rings. The van der Waals surface area contributed by atoms with Crippen molar-refractivity contribution in [2.24, 2.45) is 7.05 Å². The van der Waals surface area contributed by atoms with Crippen molar-refractivity contribution in [1.82, 2.24) is 34.3 Å². The Labute approximate surface area is 261 Å². The van der Waals surface area contributed by atoms with Crippen molar-refractivity contribution >= 4 is 45.6 Å². The number of hydrogen-bond acceptors (Lipinski definition) is 9. The summed E-state index contributed by atoms with van der Waals surface area (Å²) in [6, 6.07) is 15.6. The van der Waals surface area contributed by atoms with E-state index in [-0.39, 0.29) is 5.91 Å². The van der Waals surface area contributed by atoms with Crippen LogP contribution in [-0.4, -0.2) is 86.7 Å². The van der Waals surface area contributed by atoms with Crippen molar-refractivity contribution in [3.05, 3.63) is 90.7 Å². The number of fused-ring (bicyclic) bond motifs is 2. The molecule has 0 atom stereocenters. The molecule has 1 N–H and O–H groups in total. The molecule has 0 radical (unpaired) electrons. The third-order valence-electron chi connectivity index (χ3n) is 7.64. The van der Waals surface area contributed by atoms with Crippen molar-refractivity contribution in [2.45, 2.75) is 6.92 Å². The molecule has 1 saturated heterocycles. The number of nitrogens with one attached hydrogen (secondary N) is 1. The Kier molecular flexibility index (Phi) is 9.09. The van der Waals surface area contributed by atoms with E-state index in [0.717, 1.165) is 77.8 Å². The molecule has 1 aliphatic heterocycles. The second-order valence-electron chi connectivity index (χ2n) is 11.0. The summed E-state index contributed by atoms with van der Waals surface area (Å²) in [5.74, 6) is 2.04. The fraction of sp³-hybridized carbons (Fsp3) is 0.265. The second kappa shape index (κ2) is 13.7. The Bertz CT molecular complexity index is 1880.